The van der Waals surface area contributed by atoms with Crippen molar-refractivity contribution in [3.8, 4) is 0 Å². The van der Waals surface area contributed by atoms with Gasteiger partial charge in [-0.1, -0.05) is 6.07 Å². The molecule has 20 heavy (non-hydrogen) atoms. The molecular weight excluding hydrogens is 324 g/mol. The first-order valence-corrected chi connectivity index (χ1v) is 6.86. The summed E-state index contributed by atoms with van der Waals surface area (Å²) in [5.74, 6) is 0. The minimum absolute atomic E-state index is 0.0869. The molecule has 0 spiro atoms. The van der Waals surface area contributed by atoms with Crippen LogP contribution in [0.3, 0.4) is 0 Å². The summed E-state index contributed by atoms with van der Waals surface area (Å²) in [6, 6.07) is 7.18. The number of aliphatic hydroxyl groups is 1. The molecule has 104 valence electrons. The highest BCUT2D eigenvalue weighted by molar-refractivity contribution is 9.10. The van der Waals surface area contributed by atoms with E-state index in [1.54, 1.807) is 29.3 Å². The van der Waals surface area contributed by atoms with Crippen LogP contribution in [0.4, 0.5) is 0 Å². The number of imidazole rings is 1. The Hall–Kier alpha value is -1.79. The van der Waals surface area contributed by atoms with E-state index in [9.17, 15) is 9.90 Å². The van der Waals surface area contributed by atoms with E-state index in [0.717, 1.165) is 11.0 Å². The predicted molar refractivity (Wildman–Crippen MR) is 78.6 cm³/mol. The molecule has 0 aliphatic rings. The number of aliphatic hydroxyl groups excluding tert-OH is 1. The second-order valence-corrected chi connectivity index (χ2v) is 5.42. The molecule has 1 unspecified atom stereocenters. The van der Waals surface area contributed by atoms with Gasteiger partial charge in [-0.3, -0.25) is 9.13 Å². The third-order valence-electron chi connectivity index (χ3n) is 3.55. The number of benzene rings is 1. The second-order valence-electron chi connectivity index (χ2n) is 4.70. The molecule has 0 bridgehead atoms. The van der Waals surface area contributed by atoms with Crippen LogP contribution >= 0.6 is 15.9 Å². The molecule has 0 saturated carbocycles. The maximum Gasteiger partial charge on any atom is 0.328 e. The zero-order valence-electron chi connectivity index (χ0n) is 11.0. The average molecular weight is 337 g/mol. The summed E-state index contributed by atoms with van der Waals surface area (Å²) in [6.07, 6.45) is 0.710. The van der Waals surface area contributed by atoms with Crippen molar-refractivity contribution in [2.75, 3.05) is 0 Å². The molecule has 0 amide bonds. The Kier molecular flexibility index (Phi) is 3.07. The van der Waals surface area contributed by atoms with Crippen molar-refractivity contribution in [2.45, 2.75) is 6.10 Å². The van der Waals surface area contributed by atoms with Crippen LogP contribution in [0.15, 0.2) is 44.4 Å². The molecule has 3 aromatic rings. The van der Waals surface area contributed by atoms with Gasteiger partial charge >= 0.3 is 5.69 Å². The van der Waals surface area contributed by atoms with E-state index in [1.807, 2.05) is 18.2 Å². The Balaban J connectivity index is 2.17. The maximum absolute atomic E-state index is 11.9. The van der Waals surface area contributed by atoms with E-state index in [0.29, 0.717) is 15.8 Å². The maximum atomic E-state index is 11.9. The standard InChI is InChI=1S/C14H13BrN2O3/c1-16-10-4-3-8(7-11(10)17(2)14(16)19)12(18)9-5-6-20-13(9)15/h3-7,12,18H,1-2H3. The van der Waals surface area contributed by atoms with Gasteiger partial charge in [0.2, 0.25) is 0 Å². The number of nitrogens with zero attached hydrogens (tertiary/aromatic N) is 2. The van der Waals surface area contributed by atoms with Crippen LogP contribution in [0.25, 0.3) is 11.0 Å². The molecule has 0 fully saturated rings. The Bertz CT molecular complexity index is 844. The molecule has 5 nitrogen and oxygen atoms in total. The number of aromatic nitrogens is 2. The minimum atomic E-state index is -0.803. The summed E-state index contributed by atoms with van der Waals surface area (Å²) in [5.41, 5.74) is 2.90. The molecule has 3 rings (SSSR count). The second kappa shape index (κ2) is 4.64. The number of halogens is 1. The van der Waals surface area contributed by atoms with Gasteiger partial charge < -0.3 is 9.52 Å². The lowest BCUT2D eigenvalue weighted by Gasteiger charge is -2.10. The van der Waals surface area contributed by atoms with Gasteiger partial charge in [0.05, 0.1) is 17.3 Å². The van der Waals surface area contributed by atoms with E-state index in [2.05, 4.69) is 15.9 Å². The Labute approximate surface area is 123 Å². The topological polar surface area (TPSA) is 60.3 Å². The molecule has 0 aliphatic carbocycles. The minimum Gasteiger partial charge on any atom is -0.457 e. The Morgan fingerprint density at radius 2 is 1.90 bits per heavy atom. The predicted octanol–water partition coefficient (Wildman–Crippen LogP) is 2.31. The average Bonchev–Trinajstić information content (AvgIpc) is 2.97. The Morgan fingerprint density at radius 1 is 1.20 bits per heavy atom. The van der Waals surface area contributed by atoms with E-state index < -0.39 is 6.10 Å². The molecule has 1 aromatic carbocycles. The van der Waals surface area contributed by atoms with E-state index in [4.69, 9.17) is 4.42 Å². The Morgan fingerprint density at radius 3 is 2.55 bits per heavy atom. The van der Waals surface area contributed by atoms with Crippen LogP contribution in [0.1, 0.15) is 17.2 Å². The smallest absolute Gasteiger partial charge is 0.328 e. The number of fused-ring (bicyclic) bond motifs is 1. The van der Waals surface area contributed by atoms with Gasteiger partial charge in [-0.15, -0.1) is 0 Å². The van der Waals surface area contributed by atoms with E-state index in [-0.39, 0.29) is 5.69 Å². The van der Waals surface area contributed by atoms with Crippen molar-refractivity contribution in [1.29, 1.82) is 0 Å². The fourth-order valence-electron chi connectivity index (χ4n) is 2.37. The summed E-state index contributed by atoms with van der Waals surface area (Å²) >= 11 is 3.26. The number of furan rings is 1. The fraction of sp³-hybridized carbons (Fsp3) is 0.214. The van der Waals surface area contributed by atoms with Crippen molar-refractivity contribution >= 4 is 27.0 Å². The highest BCUT2D eigenvalue weighted by atomic mass is 79.9. The largest absolute Gasteiger partial charge is 0.457 e. The van der Waals surface area contributed by atoms with E-state index in [1.165, 1.54) is 6.26 Å². The van der Waals surface area contributed by atoms with Gasteiger partial charge in [-0.05, 0) is 39.7 Å². The monoisotopic (exact) mass is 336 g/mol. The molecule has 2 heterocycles. The van der Waals surface area contributed by atoms with E-state index >= 15 is 0 Å². The molecular formula is C14H13BrN2O3. The fourth-order valence-corrected chi connectivity index (χ4v) is 2.83. The van der Waals surface area contributed by atoms with Crippen molar-refractivity contribution < 1.29 is 9.52 Å². The zero-order valence-corrected chi connectivity index (χ0v) is 12.6. The molecule has 1 N–H and O–H groups in total. The number of hydrogen-bond acceptors (Lipinski definition) is 3. The highest BCUT2D eigenvalue weighted by Crippen LogP contribution is 2.30. The first-order chi connectivity index (χ1) is 9.50. The molecule has 0 aliphatic heterocycles. The van der Waals surface area contributed by atoms with Crippen molar-refractivity contribution in [2.24, 2.45) is 14.1 Å². The summed E-state index contributed by atoms with van der Waals surface area (Å²) in [6.45, 7) is 0. The number of hydrogen-bond donors (Lipinski definition) is 1. The summed E-state index contributed by atoms with van der Waals surface area (Å²) in [5, 5.41) is 10.4. The van der Waals surface area contributed by atoms with Crippen LogP contribution in [-0.4, -0.2) is 14.2 Å². The van der Waals surface area contributed by atoms with Crippen molar-refractivity contribution in [1.82, 2.24) is 9.13 Å². The van der Waals surface area contributed by atoms with Gasteiger partial charge in [-0.2, -0.15) is 0 Å². The third-order valence-corrected chi connectivity index (χ3v) is 4.20. The first-order valence-electron chi connectivity index (χ1n) is 6.07. The highest BCUT2D eigenvalue weighted by Gasteiger charge is 2.17. The molecule has 6 heteroatoms. The summed E-state index contributed by atoms with van der Waals surface area (Å²) in [4.78, 5) is 11.9. The first kappa shape index (κ1) is 13.2. The SMILES string of the molecule is Cn1c(=O)n(C)c2cc(C(O)c3ccoc3Br)ccc21. The van der Waals surface area contributed by atoms with Gasteiger partial charge in [0.15, 0.2) is 4.67 Å². The van der Waals surface area contributed by atoms with Crippen LogP contribution in [0, 0.1) is 0 Å². The molecule has 0 radical (unpaired) electrons. The van der Waals surface area contributed by atoms with Crippen molar-refractivity contribution in [3.05, 3.63) is 56.8 Å². The lowest BCUT2D eigenvalue weighted by molar-refractivity contribution is 0.218. The number of rotatable bonds is 2. The van der Waals surface area contributed by atoms with Gasteiger partial charge in [0.1, 0.15) is 6.10 Å². The normalized spacial score (nSPS) is 13.0. The summed E-state index contributed by atoms with van der Waals surface area (Å²) in [7, 11) is 3.45. The molecule has 1 atom stereocenters. The quantitative estimate of drug-likeness (QED) is 0.781. The van der Waals surface area contributed by atoms with Gasteiger partial charge in [0.25, 0.3) is 0 Å². The van der Waals surface area contributed by atoms with Crippen LogP contribution < -0.4 is 5.69 Å². The third kappa shape index (κ3) is 1.83. The molecule has 2 aromatic heterocycles. The lowest BCUT2D eigenvalue weighted by atomic mass is 10.0. The van der Waals surface area contributed by atoms with Crippen molar-refractivity contribution in [3.63, 3.8) is 0 Å². The lowest BCUT2D eigenvalue weighted by Crippen LogP contribution is -2.19. The zero-order chi connectivity index (χ0) is 14.4. The number of aryl methyl sites for hydroxylation is 2. The van der Waals surface area contributed by atoms with Gasteiger partial charge in [-0.25, -0.2) is 4.79 Å². The van der Waals surface area contributed by atoms with Crippen LogP contribution in [0.2, 0.25) is 0 Å². The van der Waals surface area contributed by atoms with Crippen LogP contribution in [0.5, 0.6) is 0 Å². The van der Waals surface area contributed by atoms with Crippen LogP contribution in [-0.2, 0) is 14.1 Å². The summed E-state index contributed by atoms with van der Waals surface area (Å²) < 4.78 is 8.79. The van der Waals surface area contributed by atoms with Gasteiger partial charge in [0, 0.05) is 19.7 Å². The molecule has 0 saturated heterocycles.